The Morgan fingerprint density at radius 2 is 1.38 bits per heavy atom. The van der Waals surface area contributed by atoms with Gasteiger partial charge >= 0.3 is 0 Å². The summed E-state index contributed by atoms with van der Waals surface area (Å²) in [5.74, 6) is 1.44. The van der Waals surface area contributed by atoms with Gasteiger partial charge in [-0.25, -0.2) is 0 Å². The third-order valence-electron chi connectivity index (χ3n) is 10.3. The quantitative estimate of drug-likeness (QED) is 0.274. The van der Waals surface area contributed by atoms with Crippen LogP contribution in [0.3, 0.4) is 0 Å². The summed E-state index contributed by atoms with van der Waals surface area (Å²) in [6.45, 7) is 6.76. The van der Waals surface area contributed by atoms with Crippen molar-refractivity contribution in [1.82, 2.24) is 14.7 Å². The molecule has 5 heterocycles. The number of amides is 2. The van der Waals surface area contributed by atoms with Crippen LogP contribution in [0.1, 0.15) is 51.1 Å². The van der Waals surface area contributed by atoms with Crippen molar-refractivity contribution >= 4 is 46.9 Å². The van der Waals surface area contributed by atoms with Gasteiger partial charge in [0.15, 0.2) is 11.5 Å². The molecular formula is C40H42N6O6. The number of methoxy groups -OCH3 is 1. The van der Waals surface area contributed by atoms with Gasteiger partial charge in [0.1, 0.15) is 11.5 Å². The number of hydrogen-bond acceptors (Lipinski definition) is 10. The number of piperazine rings is 1. The van der Waals surface area contributed by atoms with Crippen molar-refractivity contribution in [3.8, 4) is 17.2 Å². The summed E-state index contributed by atoms with van der Waals surface area (Å²) < 4.78 is 17.9. The summed E-state index contributed by atoms with van der Waals surface area (Å²) in [7, 11) is 3.72. The van der Waals surface area contributed by atoms with E-state index < -0.39 is 0 Å². The van der Waals surface area contributed by atoms with E-state index in [-0.39, 0.29) is 29.7 Å². The molecule has 0 bridgehead atoms. The second-order valence-electron chi connectivity index (χ2n) is 13.8. The predicted molar refractivity (Wildman–Crippen MR) is 200 cm³/mol. The molecule has 12 heteroatoms. The first-order valence-corrected chi connectivity index (χ1v) is 17.8. The summed E-state index contributed by atoms with van der Waals surface area (Å²) in [4.78, 5) is 44.3. The number of nitrogens with zero attached hydrogens (tertiary/aromatic N) is 6. The topological polar surface area (TPSA) is 120 Å². The first-order valence-electron chi connectivity index (χ1n) is 17.8. The normalized spacial score (nSPS) is 20.8. The molecule has 0 radical (unpaired) electrons. The molecule has 3 aromatic rings. The fourth-order valence-electron chi connectivity index (χ4n) is 7.32. The number of hydrogen-bond donors (Lipinski definition) is 1. The van der Waals surface area contributed by atoms with E-state index >= 15 is 0 Å². The number of anilines is 1. The molecule has 0 spiro atoms. The molecule has 12 nitrogen and oxygen atoms in total. The lowest BCUT2D eigenvalue weighted by Gasteiger charge is -2.34. The zero-order valence-corrected chi connectivity index (χ0v) is 29.6. The van der Waals surface area contributed by atoms with Crippen LogP contribution in [0.5, 0.6) is 17.2 Å². The van der Waals surface area contributed by atoms with Gasteiger partial charge in [-0.15, -0.1) is 0 Å². The maximum atomic E-state index is 13.8. The van der Waals surface area contributed by atoms with Crippen molar-refractivity contribution in [2.45, 2.75) is 38.3 Å². The summed E-state index contributed by atoms with van der Waals surface area (Å²) in [6.07, 6.45) is 8.58. The number of fused-ring (bicyclic) bond motifs is 4. The van der Waals surface area contributed by atoms with Crippen molar-refractivity contribution < 1.29 is 28.9 Å². The van der Waals surface area contributed by atoms with E-state index in [1.807, 2.05) is 19.3 Å². The zero-order valence-electron chi connectivity index (χ0n) is 29.6. The molecule has 0 saturated carbocycles. The van der Waals surface area contributed by atoms with E-state index in [0.717, 1.165) is 42.9 Å². The van der Waals surface area contributed by atoms with Gasteiger partial charge < -0.3 is 38.9 Å². The lowest BCUT2D eigenvalue weighted by Crippen LogP contribution is -2.44. The van der Waals surface area contributed by atoms with Crippen LogP contribution in [0.25, 0.3) is 5.57 Å². The van der Waals surface area contributed by atoms with Crippen LogP contribution in [0.2, 0.25) is 0 Å². The van der Waals surface area contributed by atoms with E-state index in [0.29, 0.717) is 72.2 Å². The number of ether oxygens (including phenoxy) is 3. The third kappa shape index (κ3) is 6.38. The monoisotopic (exact) mass is 702 g/mol. The number of rotatable bonds is 9. The summed E-state index contributed by atoms with van der Waals surface area (Å²) in [6, 6.07) is 15.2. The van der Waals surface area contributed by atoms with Gasteiger partial charge in [0.05, 0.1) is 54.9 Å². The molecule has 0 unspecified atom stereocenters. The Balaban J connectivity index is 0.894. The fraction of sp³-hybridized carbons (Fsp3) is 0.350. The SMILES string of the molecule is COc1cc2c(cc1OCCCOc1cc3c(cc1C)C(=O)N1C=C(O)C[C@H]1C=N3)N=C[C@@H]1CC(c3ccc(N4CCN(C)CC4)cc3)=CN1C2=O. The van der Waals surface area contributed by atoms with Gasteiger partial charge in [0.2, 0.25) is 0 Å². The van der Waals surface area contributed by atoms with Crippen LogP contribution < -0.4 is 19.1 Å². The van der Waals surface area contributed by atoms with Gasteiger partial charge in [0, 0.05) is 88.1 Å². The smallest absolute Gasteiger partial charge is 0.260 e. The second-order valence-corrected chi connectivity index (χ2v) is 13.8. The van der Waals surface area contributed by atoms with Gasteiger partial charge in [-0.05, 0) is 54.9 Å². The van der Waals surface area contributed by atoms with Crippen molar-refractivity contribution in [1.29, 1.82) is 0 Å². The average Bonchev–Trinajstić information content (AvgIpc) is 3.70. The van der Waals surface area contributed by atoms with Crippen molar-refractivity contribution in [2.75, 3.05) is 58.5 Å². The Hall–Kier alpha value is -5.62. The van der Waals surface area contributed by atoms with E-state index in [1.165, 1.54) is 16.8 Å². The first-order chi connectivity index (χ1) is 25.2. The molecule has 3 aromatic carbocycles. The second kappa shape index (κ2) is 13.8. The van der Waals surface area contributed by atoms with E-state index in [1.54, 1.807) is 42.5 Å². The molecule has 0 aliphatic carbocycles. The maximum Gasteiger partial charge on any atom is 0.260 e. The Morgan fingerprint density at radius 1 is 0.769 bits per heavy atom. The number of benzene rings is 3. The summed E-state index contributed by atoms with van der Waals surface area (Å²) in [5.41, 5.74) is 6.26. The molecule has 1 N–H and O–H groups in total. The van der Waals surface area contributed by atoms with Crippen LogP contribution in [0.4, 0.5) is 17.1 Å². The lowest BCUT2D eigenvalue weighted by molar-refractivity contribution is 0.0809. The Morgan fingerprint density at radius 3 is 2.08 bits per heavy atom. The highest BCUT2D eigenvalue weighted by Crippen LogP contribution is 2.40. The summed E-state index contributed by atoms with van der Waals surface area (Å²) >= 11 is 0. The Bertz CT molecular complexity index is 2030. The predicted octanol–water partition coefficient (Wildman–Crippen LogP) is 5.90. The molecule has 5 aliphatic heterocycles. The molecular weight excluding hydrogens is 660 g/mol. The number of carbonyl (C=O) groups is 2. The van der Waals surface area contributed by atoms with E-state index in [4.69, 9.17) is 19.2 Å². The third-order valence-corrected chi connectivity index (χ3v) is 10.3. The number of aliphatic imine (C=N–C) groups is 2. The number of likely N-dealkylation sites (N-methyl/N-ethyl adjacent to an activating group) is 1. The first kappa shape index (κ1) is 33.5. The number of aliphatic hydroxyl groups excluding tert-OH is 1. The minimum Gasteiger partial charge on any atom is -0.511 e. The molecule has 268 valence electrons. The highest BCUT2D eigenvalue weighted by molar-refractivity contribution is 6.06. The number of aryl methyl sites for hydroxylation is 1. The highest BCUT2D eigenvalue weighted by Gasteiger charge is 2.34. The largest absolute Gasteiger partial charge is 0.511 e. The molecule has 0 aromatic heterocycles. The molecule has 2 atom stereocenters. The Kier molecular flexibility index (Phi) is 8.92. The van der Waals surface area contributed by atoms with Crippen molar-refractivity contribution in [2.24, 2.45) is 9.98 Å². The summed E-state index contributed by atoms with van der Waals surface area (Å²) in [5, 5.41) is 9.89. The molecule has 5 aliphatic rings. The van der Waals surface area contributed by atoms with Crippen LogP contribution >= 0.6 is 0 Å². The maximum absolute atomic E-state index is 13.8. The molecule has 1 saturated heterocycles. The zero-order chi connectivity index (χ0) is 35.9. The van der Waals surface area contributed by atoms with E-state index in [9.17, 15) is 14.7 Å². The minimum absolute atomic E-state index is 0.128. The average molecular weight is 703 g/mol. The van der Waals surface area contributed by atoms with E-state index in [2.05, 4.69) is 46.1 Å². The molecule has 1 fully saturated rings. The lowest BCUT2D eigenvalue weighted by atomic mass is 10.0. The standard InChI is InChI=1S/C40H42N6O6/c1-25-15-32-34(42-22-30-17-31(47)24-46(30)39(32)48)19-36(25)51-13-4-14-52-38-20-35-33(18-37(38)50-3)40(49)45-23-27(16-29(45)21-41-35)26-5-7-28(8-6-26)44-11-9-43(2)10-12-44/h5-8,15,18-24,29-30,47H,4,9-14,16-17H2,1-3H3/t29-,30-/m0/s1. The molecule has 8 rings (SSSR count). The van der Waals surface area contributed by atoms with Crippen molar-refractivity contribution in [3.63, 3.8) is 0 Å². The van der Waals surface area contributed by atoms with Gasteiger partial charge in [0.25, 0.3) is 11.8 Å². The minimum atomic E-state index is -0.293. The Labute approximate surface area is 302 Å². The highest BCUT2D eigenvalue weighted by atomic mass is 16.5. The molecule has 2 amide bonds. The van der Waals surface area contributed by atoms with Crippen LogP contribution in [-0.2, 0) is 0 Å². The van der Waals surface area contributed by atoms with Crippen LogP contribution in [0, 0.1) is 6.92 Å². The van der Waals surface area contributed by atoms with Gasteiger partial charge in [-0.1, -0.05) is 12.1 Å². The number of aliphatic hydroxyl groups is 1. The van der Waals surface area contributed by atoms with Gasteiger partial charge in [-0.2, -0.15) is 0 Å². The van der Waals surface area contributed by atoms with Crippen LogP contribution in [-0.4, -0.2) is 110 Å². The fourth-order valence-corrected chi connectivity index (χ4v) is 7.32. The van der Waals surface area contributed by atoms with Gasteiger partial charge in [-0.3, -0.25) is 19.6 Å². The van der Waals surface area contributed by atoms with Crippen molar-refractivity contribution in [3.05, 3.63) is 88.9 Å². The number of carbonyl (C=O) groups excluding carboxylic acids is 2. The van der Waals surface area contributed by atoms with Crippen LogP contribution in [0.15, 0.2) is 76.7 Å². The molecule has 52 heavy (non-hydrogen) atoms.